The predicted octanol–water partition coefficient (Wildman–Crippen LogP) is 2.01. The van der Waals surface area contributed by atoms with Gasteiger partial charge in [-0.3, -0.25) is 10.4 Å². The van der Waals surface area contributed by atoms with E-state index in [1.165, 1.54) is 0 Å². The molecule has 0 saturated carbocycles. The van der Waals surface area contributed by atoms with Gasteiger partial charge in [-0.25, -0.2) is 0 Å². The lowest BCUT2D eigenvalue weighted by atomic mass is 10.2. The molecule has 0 amide bonds. The van der Waals surface area contributed by atoms with Gasteiger partial charge < -0.3 is 15.4 Å². The SMILES string of the molecule is COc1cccc(CN(C)c2ccc(C(=N)N)nc2)c1. The minimum atomic E-state index is -0.0213. The molecule has 0 unspecified atom stereocenters. The van der Waals surface area contributed by atoms with Crippen LogP contribution in [0.25, 0.3) is 0 Å². The Morgan fingerprint density at radius 2 is 2.15 bits per heavy atom. The molecule has 2 aromatic rings. The van der Waals surface area contributed by atoms with Crippen LogP contribution in [-0.4, -0.2) is 25.0 Å². The van der Waals surface area contributed by atoms with Crippen molar-refractivity contribution in [2.75, 3.05) is 19.1 Å². The maximum Gasteiger partial charge on any atom is 0.141 e. The Morgan fingerprint density at radius 1 is 1.35 bits per heavy atom. The van der Waals surface area contributed by atoms with Crippen LogP contribution in [0.3, 0.4) is 0 Å². The Balaban J connectivity index is 2.10. The van der Waals surface area contributed by atoms with E-state index in [1.54, 1.807) is 19.4 Å². The molecule has 2 rings (SSSR count). The highest BCUT2D eigenvalue weighted by Crippen LogP contribution is 2.17. The third kappa shape index (κ3) is 3.26. The predicted molar refractivity (Wildman–Crippen MR) is 80.4 cm³/mol. The number of nitrogen functional groups attached to an aromatic ring is 1. The van der Waals surface area contributed by atoms with Gasteiger partial charge in [0.25, 0.3) is 0 Å². The quantitative estimate of drug-likeness (QED) is 0.643. The number of anilines is 1. The standard InChI is InChI=1S/C15H18N4O/c1-19(10-11-4-3-5-13(8-11)20-2)12-6-7-14(15(16)17)18-9-12/h3-9H,10H2,1-2H3,(H3,16,17). The summed E-state index contributed by atoms with van der Waals surface area (Å²) in [5, 5.41) is 7.33. The first-order chi connectivity index (χ1) is 9.60. The van der Waals surface area contributed by atoms with Crippen molar-refractivity contribution in [3.63, 3.8) is 0 Å². The molecule has 20 heavy (non-hydrogen) atoms. The zero-order chi connectivity index (χ0) is 14.5. The monoisotopic (exact) mass is 270 g/mol. The van der Waals surface area contributed by atoms with E-state index in [9.17, 15) is 0 Å². The summed E-state index contributed by atoms with van der Waals surface area (Å²) in [6, 6.07) is 11.6. The van der Waals surface area contributed by atoms with Gasteiger partial charge in [0.15, 0.2) is 0 Å². The molecule has 0 fully saturated rings. The zero-order valence-corrected chi connectivity index (χ0v) is 11.6. The molecule has 104 valence electrons. The molecule has 0 aliphatic carbocycles. The third-order valence-electron chi connectivity index (χ3n) is 3.02. The second kappa shape index (κ2) is 6.06. The number of aromatic nitrogens is 1. The van der Waals surface area contributed by atoms with Gasteiger partial charge in [-0.05, 0) is 29.8 Å². The summed E-state index contributed by atoms with van der Waals surface area (Å²) in [4.78, 5) is 6.23. The Morgan fingerprint density at radius 3 is 2.75 bits per heavy atom. The van der Waals surface area contributed by atoms with E-state index < -0.39 is 0 Å². The molecule has 0 radical (unpaired) electrons. The van der Waals surface area contributed by atoms with E-state index in [0.717, 1.165) is 23.5 Å². The molecule has 1 aromatic carbocycles. The van der Waals surface area contributed by atoms with Crippen molar-refractivity contribution < 1.29 is 4.74 Å². The maximum absolute atomic E-state index is 7.33. The van der Waals surface area contributed by atoms with Gasteiger partial charge >= 0.3 is 0 Å². The molecule has 0 saturated heterocycles. The number of hydrogen-bond acceptors (Lipinski definition) is 4. The third-order valence-corrected chi connectivity index (χ3v) is 3.02. The number of nitrogens with two attached hydrogens (primary N) is 1. The minimum Gasteiger partial charge on any atom is -0.497 e. The fourth-order valence-corrected chi connectivity index (χ4v) is 1.91. The van der Waals surface area contributed by atoms with E-state index in [0.29, 0.717) is 5.69 Å². The number of benzene rings is 1. The van der Waals surface area contributed by atoms with Crippen LogP contribution in [0.1, 0.15) is 11.3 Å². The first kappa shape index (κ1) is 13.9. The van der Waals surface area contributed by atoms with Crippen LogP contribution < -0.4 is 15.4 Å². The van der Waals surface area contributed by atoms with Crippen molar-refractivity contribution in [1.29, 1.82) is 5.41 Å². The smallest absolute Gasteiger partial charge is 0.141 e. The average Bonchev–Trinajstić information content (AvgIpc) is 2.47. The number of amidine groups is 1. The fraction of sp³-hybridized carbons (Fsp3) is 0.200. The summed E-state index contributed by atoms with van der Waals surface area (Å²) in [6.45, 7) is 0.748. The van der Waals surface area contributed by atoms with E-state index in [-0.39, 0.29) is 5.84 Å². The van der Waals surface area contributed by atoms with Crippen molar-refractivity contribution in [3.05, 3.63) is 53.9 Å². The molecule has 3 N–H and O–H groups in total. The minimum absolute atomic E-state index is 0.0213. The molecule has 1 aromatic heterocycles. The Labute approximate surface area is 118 Å². The topological polar surface area (TPSA) is 75.2 Å². The van der Waals surface area contributed by atoms with Gasteiger partial charge in [-0.15, -0.1) is 0 Å². The molecule has 0 aliphatic rings. The first-order valence-corrected chi connectivity index (χ1v) is 6.24. The largest absolute Gasteiger partial charge is 0.497 e. The summed E-state index contributed by atoms with van der Waals surface area (Å²) in [5.41, 5.74) is 8.00. The van der Waals surface area contributed by atoms with Crippen LogP contribution >= 0.6 is 0 Å². The van der Waals surface area contributed by atoms with E-state index in [1.807, 2.05) is 31.3 Å². The Kier molecular flexibility index (Phi) is 4.20. The summed E-state index contributed by atoms with van der Waals surface area (Å²) in [7, 11) is 3.65. The molecule has 0 bridgehead atoms. The highest BCUT2D eigenvalue weighted by atomic mass is 16.5. The second-order valence-corrected chi connectivity index (χ2v) is 4.52. The first-order valence-electron chi connectivity index (χ1n) is 6.24. The number of methoxy groups -OCH3 is 1. The summed E-state index contributed by atoms with van der Waals surface area (Å²) < 4.78 is 5.22. The summed E-state index contributed by atoms with van der Waals surface area (Å²) >= 11 is 0. The van der Waals surface area contributed by atoms with Gasteiger partial charge in [-0.1, -0.05) is 12.1 Å². The van der Waals surface area contributed by atoms with Crippen molar-refractivity contribution in [2.45, 2.75) is 6.54 Å². The zero-order valence-electron chi connectivity index (χ0n) is 11.6. The number of ether oxygens (including phenoxy) is 1. The Bertz CT molecular complexity index is 595. The number of hydrogen-bond donors (Lipinski definition) is 2. The number of nitrogens with zero attached hydrogens (tertiary/aromatic N) is 2. The summed E-state index contributed by atoms with van der Waals surface area (Å²) in [6.07, 6.45) is 1.72. The van der Waals surface area contributed by atoms with Crippen LogP contribution in [-0.2, 0) is 6.54 Å². The fourth-order valence-electron chi connectivity index (χ4n) is 1.91. The summed E-state index contributed by atoms with van der Waals surface area (Å²) in [5.74, 6) is 0.827. The van der Waals surface area contributed by atoms with Crippen LogP contribution in [0.2, 0.25) is 0 Å². The van der Waals surface area contributed by atoms with Crippen molar-refractivity contribution in [2.24, 2.45) is 5.73 Å². The van der Waals surface area contributed by atoms with Gasteiger partial charge in [0.2, 0.25) is 0 Å². The molecule has 5 nitrogen and oxygen atoms in total. The van der Waals surface area contributed by atoms with E-state index in [2.05, 4.69) is 16.0 Å². The molecule has 1 heterocycles. The highest BCUT2D eigenvalue weighted by Gasteiger charge is 2.05. The van der Waals surface area contributed by atoms with Gasteiger partial charge in [-0.2, -0.15) is 0 Å². The number of nitrogens with one attached hydrogen (secondary N) is 1. The molecular weight excluding hydrogens is 252 g/mol. The molecular formula is C15H18N4O. The maximum atomic E-state index is 7.33. The van der Waals surface area contributed by atoms with Crippen molar-refractivity contribution in [3.8, 4) is 5.75 Å². The van der Waals surface area contributed by atoms with Gasteiger partial charge in [0.1, 0.15) is 17.3 Å². The highest BCUT2D eigenvalue weighted by molar-refractivity contribution is 5.93. The number of pyridine rings is 1. The van der Waals surface area contributed by atoms with Crippen molar-refractivity contribution >= 4 is 11.5 Å². The Hall–Kier alpha value is -2.56. The normalized spacial score (nSPS) is 10.1. The van der Waals surface area contributed by atoms with Crippen LogP contribution in [0, 0.1) is 5.41 Å². The van der Waals surface area contributed by atoms with Crippen LogP contribution in [0.4, 0.5) is 5.69 Å². The van der Waals surface area contributed by atoms with E-state index >= 15 is 0 Å². The van der Waals surface area contributed by atoms with Crippen molar-refractivity contribution in [1.82, 2.24) is 4.98 Å². The molecule has 0 spiro atoms. The lowest BCUT2D eigenvalue weighted by molar-refractivity contribution is 0.414. The molecule has 0 aliphatic heterocycles. The van der Waals surface area contributed by atoms with Gasteiger partial charge in [0.05, 0.1) is 19.0 Å². The second-order valence-electron chi connectivity index (χ2n) is 4.52. The van der Waals surface area contributed by atoms with Crippen LogP contribution in [0.15, 0.2) is 42.6 Å². The number of rotatable bonds is 5. The van der Waals surface area contributed by atoms with Gasteiger partial charge in [0, 0.05) is 13.6 Å². The molecule has 0 atom stereocenters. The van der Waals surface area contributed by atoms with E-state index in [4.69, 9.17) is 15.9 Å². The molecule has 5 heteroatoms. The lowest BCUT2D eigenvalue weighted by Crippen LogP contribution is -2.18. The lowest BCUT2D eigenvalue weighted by Gasteiger charge is -2.19. The van der Waals surface area contributed by atoms with Crippen LogP contribution in [0.5, 0.6) is 5.75 Å². The average molecular weight is 270 g/mol.